The molecule has 2 aromatic heterocycles. The van der Waals surface area contributed by atoms with Gasteiger partial charge in [0.1, 0.15) is 0 Å². The summed E-state index contributed by atoms with van der Waals surface area (Å²) in [6.45, 7) is 0. The Balaban J connectivity index is 0.000000371. The van der Waals surface area contributed by atoms with Gasteiger partial charge >= 0.3 is 0 Å². The minimum Gasteiger partial charge on any atom is -0.222 e. The molecular weight excluding hydrogens is 414 g/mol. The first-order chi connectivity index (χ1) is 14.9. The maximum absolute atomic E-state index is 8.49. The number of nitrogens with zero attached hydrogens (tertiary/aromatic N) is 1. The third-order valence-corrected chi connectivity index (χ3v) is 5.51. The Labute approximate surface area is 179 Å². The minimum absolute atomic E-state index is 1.25. The summed E-state index contributed by atoms with van der Waals surface area (Å²) in [6.07, 6.45) is 2.19. The quantitative estimate of drug-likeness (QED) is 0.268. The molecule has 0 aliphatic carbocycles. The second-order valence-corrected chi connectivity index (χ2v) is 8.01. The second kappa shape index (κ2) is 7.42. The van der Waals surface area contributed by atoms with Gasteiger partial charge in [0.05, 0.1) is 10.8 Å². The monoisotopic (exact) mass is 429 g/mol. The van der Waals surface area contributed by atoms with E-state index in [0.717, 1.165) is 0 Å². The van der Waals surface area contributed by atoms with Crippen LogP contribution < -0.4 is 23.0 Å². The zero-order valence-corrected chi connectivity index (χ0v) is 17.0. The van der Waals surface area contributed by atoms with E-state index in [4.69, 9.17) is 18.6 Å². The summed E-state index contributed by atoms with van der Waals surface area (Å²) in [7, 11) is -4.94. The Hall–Kier alpha value is -3.32. The van der Waals surface area contributed by atoms with E-state index in [1.165, 1.54) is 48.7 Å². The van der Waals surface area contributed by atoms with E-state index in [2.05, 4.69) is 102 Å². The number of aromatic nitrogens is 1. The predicted octanol–water partition coefficient (Wildman–Crippen LogP) is 1.28. The molecule has 6 rings (SSSR count). The molecular formula is C25H16ClNO4. The molecule has 0 saturated carbocycles. The van der Waals surface area contributed by atoms with Crippen molar-refractivity contribution in [3.05, 3.63) is 97.2 Å². The van der Waals surface area contributed by atoms with Crippen molar-refractivity contribution in [2.75, 3.05) is 0 Å². The summed E-state index contributed by atoms with van der Waals surface area (Å²) in [5, 5.41) is 9.09. The highest BCUT2D eigenvalue weighted by Gasteiger charge is 2.14. The van der Waals surface area contributed by atoms with Crippen molar-refractivity contribution < 1.29 is 33.3 Å². The van der Waals surface area contributed by atoms with Gasteiger partial charge in [0.15, 0.2) is 6.20 Å². The van der Waals surface area contributed by atoms with Gasteiger partial charge in [-0.25, -0.2) is 18.6 Å². The molecule has 0 spiro atoms. The lowest BCUT2D eigenvalue weighted by molar-refractivity contribution is -2.00. The summed E-state index contributed by atoms with van der Waals surface area (Å²) in [6, 6.07) is 32.9. The first-order valence-corrected chi connectivity index (χ1v) is 10.8. The lowest BCUT2D eigenvalue weighted by Crippen LogP contribution is -2.68. The maximum Gasteiger partial charge on any atom is 0.219 e. The summed E-state index contributed by atoms with van der Waals surface area (Å²) in [5.41, 5.74) is 2.49. The smallest absolute Gasteiger partial charge is 0.219 e. The number of hydrogen-bond donors (Lipinski definition) is 0. The third-order valence-electron chi connectivity index (χ3n) is 5.51. The standard InChI is InChI=1S/C25H16N.ClHO4/c1-3-7-19-17(5-1)9-10-22-21(19)11-13-25-23(22)12-14-24-20-8-4-2-6-18(20)15-16-26(24)25;2-1(3,4)5/h1-16H;(H,2,3,4,5)/q+1;/p-1. The molecule has 0 aliphatic rings. The highest BCUT2D eigenvalue weighted by atomic mass is 35.7. The molecule has 6 aromatic rings. The van der Waals surface area contributed by atoms with Gasteiger partial charge < -0.3 is 0 Å². The highest BCUT2D eigenvalue weighted by Crippen LogP contribution is 2.31. The second-order valence-electron chi connectivity index (χ2n) is 7.25. The van der Waals surface area contributed by atoms with Gasteiger partial charge in [-0.3, -0.25) is 0 Å². The Morgan fingerprint density at radius 1 is 0.452 bits per heavy atom. The van der Waals surface area contributed by atoms with Crippen molar-refractivity contribution in [2.24, 2.45) is 0 Å². The molecule has 0 aliphatic heterocycles. The SMILES string of the molecule is [O-][Cl+3]([O-])([O-])[O-].c1ccc2c(c1)ccc1c2ccc2c1ccc1c3ccccc3cc[n+]12. The number of hydrogen-bond acceptors (Lipinski definition) is 4. The highest BCUT2D eigenvalue weighted by molar-refractivity contribution is 6.16. The molecule has 0 N–H and O–H groups in total. The summed E-state index contributed by atoms with van der Waals surface area (Å²) in [4.78, 5) is 0. The van der Waals surface area contributed by atoms with Crippen LogP contribution in [0.1, 0.15) is 0 Å². The predicted molar refractivity (Wildman–Crippen MR) is 110 cm³/mol. The zero-order valence-electron chi connectivity index (χ0n) is 16.2. The van der Waals surface area contributed by atoms with Crippen LogP contribution >= 0.6 is 0 Å². The average molecular weight is 430 g/mol. The fraction of sp³-hybridized carbons (Fsp3) is 0. The van der Waals surface area contributed by atoms with Crippen molar-refractivity contribution in [1.82, 2.24) is 0 Å². The Kier molecular flexibility index (Phi) is 4.70. The van der Waals surface area contributed by atoms with Crippen LogP contribution in [0.5, 0.6) is 0 Å². The molecule has 0 fully saturated rings. The first kappa shape index (κ1) is 19.6. The molecule has 5 nitrogen and oxygen atoms in total. The van der Waals surface area contributed by atoms with E-state index in [1.54, 1.807) is 0 Å². The number of halogens is 1. The minimum atomic E-state index is -4.94. The third kappa shape index (κ3) is 3.65. The van der Waals surface area contributed by atoms with Crippen molar-refractivity contribution in [3.63, 3.8) is 0 Å². The number of rotatable bonds is 0. The molecule has 31 heavy (non-hydrogen) atoms. The molecule has 0 atom stereocenters. The van der Waals surface area contributed by atoms with Crippen molar-refractivity contribution in [3.8, 4) is 0 Å². The van der Waals surface area contributed by atoms with Crippen LogP contribution in [0.3, 0.4) is 0 Å². The summed E-state index contributed by atoms with van der Waals surface area (Å²) in [5.74, 6) is 0. The van der Waals surface area contributed by atoms with Crippen molar-refractivity contribution >= 4 is 48.7 Å². The van der Waals surface area contributed by atoms with Gasteiger partial charge in [0.25, 0.3) is 0 Å². The van der Waals surface area contributed by atoms with E-state index in [9.17, 15) is 0 Å². The van der Waals surface area contributed by atoms with Gasteiger partial charge in [0, 0.05) is 18.2 Å². The average Bonchev–Trinajstić information content (AvgIpc) is 2.77. The van der Waals surface area contributed by atoms with Crippen LogP contribution in [0.2, 0.25) is 0 Å². The van der Waals surface area contributed by atoms with Gasteiger partial charge in [-0.2, -0.15) is 4.40 Å². The van der Waals surface area contributed by atoms with Crippen LogP contribution in [0.25, 0.3) is 48.7 Å². The molecule has 0 radical (unpaired) electrons. The van der Waals surface area contributed by atoms with Crippen LogP contribution in [0.15, 0.2) is 97.2 Å². The van der Waals surface area contributed by atoms with Gasteiger partial charge in [-0.05, 0) is 45.1 Å². The van der Waals surface area contributed by atoms with Gasteiger partial charge in [-0.15, -0.1) is 10.2 Å². The molecule has 0 amide bonds. The topological polar surface area (TPSA) is 96.3 Å². The molecule has 0 saturated heterocycles. The lowest BCUT2D eigenvalue weighted by atomic mass is 9.98. The van der Waals surface area contributed by atoms with Crippen molar-refractivity contribution in [2.45, 2.75) is 0 Å². The number of benzene rings is 4. The molecule has 0 bridgehead atoms. The molecule has 2 heterocycles. The molecule has 152 valence electrons. The first-order valence-electron chi connectivity index (χ1n) is 9.58. The molecule has 4 aromatic carbocycles. The maximum atomic E-state index is 8.49. The van der Waals surface area contributed by atoms with Crippen LogP contribution in [0, 0.1) is 10.2 Å². The Morgan fingerprint density at radius 3 is 1.65 bits per heavy atom. The largest absolute Gasteiger partial charge is 0.222 e. The summed E-state index contributed by atoms with van der Waals surface area (Å²) >= 11 is 0. The van der Waals surface area contributed by atoms with E-state index >= 15 is 0 Å². The zero-order chi connectivity index (χ0) is 21.6. The summed E-state index contributed by atoms with van der Waals surface area (Å²) < 4.78 is 36.3. The van der Waals surface area contributed by atoms with E-state index in [1.807, 2.05) is 0 Å². The fourth-order valence-electron chi connectivity index (χ4n) is 4.27. The Morgan fingerprint density at radius 2 is 0.935 bits per heavy atom. The van der Waals surface area contributed by atoms with Crippen LogP contribution in [-0.4, -0.2) is 0 Å². The van der Waals surface area contributed by atoms with E-state index in [-0.39, 0.29) is 0 Å². The number of fused-ring (bicyclic) bond motifs is 9. The van der Waals surface area contributed by atoms with Crippen LogP contribution in [0.4, 0.5) is 0 Å². The van der Waals surface area contributed by atoms with E-state index < -0.39 is 10.2 Å². The molecule has 6 heteroatoms. The normalized spacial score (nSPS) is 11.9. The fourth-order valence-corrected chi connectivity index (χ4v) is 4.27. The van der Waals surface area contributed by atoms with Gasteiger partial charge in [0.2, 0.25) is 11.0 Å². The van der Waals surface area contributed by atoms with E-state index in [0.29, 0.717) is 0 Å². The van der Waals surface area contributed by atoms with Crippen molar-refractivity contribution in [1.29, 1.82) is 0 Å². The lowest BCUT2D eigenvalue weighted by Gasteiger charge is -2.17. The van der Waals surface area contributed by atoms with Crippen LogP contribution in [-0.2, 0) is 0 Å². The van der Waals surface area contributed by atoms with Gasteiger partial charge in [-0.1, -0.05) is 54.6 Å². The Bertz CT molecular complexity index is 1470. The molecule has 0 unspecified atom stereocenters. The number of pyridine rings is 2.